The van der Waals surface area contributed by atoms with Gasteiger partial charge in [-0.2, -0.15) is 4.99 Å². The number of cyclic esters (lactones) is 1. The van der Waals surface area contributed by atoms with Crippen molar-refractivity contribution < 1.29 is 14.3 Å². The molecule has 0 spiro atoms. The Bertz CT molecular complexity index is 1660. The van der Waals surface area contributed by atoms with Crippen molar-refractivity contribution in [2.45, 2.75) is 113 Å². The van der Waals surface area contributed by atoms with Crippen LogP contribution in [0.1, 0.15) is 95.4 Å². The van der Waals surface area contributed by atoms with Crippen LogP contribution in [0.25, 0.3) is 0 Å². The van der Waals surface area contributed by atoms with E-state index in [1.807, 2.05) is 63.8 Å². The number of guanidine groups is 1. The van der Waals surface area contributed by atoms with Gasteiger partial charge in [0.05, 0.1) is 18.2 Å². The summed E-state index contributed by atoms with van der Waals surface area (Å²) >= 11 is 0. The molecule has 5 rings (SSSR count). The van der Waals surface area contributed by atoms with E-state index >= 15 is 0 Å². The number of ether oxygens (including phenoxy) is 2. The van der Waals surface area contributed by atoms with Gasteiger partial charge in [0.2, 0.25) is 5.96 Å². The molecule has 13 heteroatoms. The van der Waals surface area contributed by atoms with Crippen LogP contribution in [-0.4, -0.2) is 147 Å². The maximum atomic E-state index is 12.5. The molecule has 3 fully saturated rings. The summed E-state index contributed by atoms with van der Waals surface area (Å²) in [4.78, 5) is 40.2. The van der Waals surface area contributed by atoms with E-state index < -0.39 is 17.1 Å². The van der Waals surface area contributed by atoms with Crippen molar-refractivity contribution in [1.29, 1.82) is 0 Å². The number of piperazine rings is 1. The second-order valence-corrected chi connectivity index (χ2v) is 17.1. The van der Waals surface area contributed by atoms with Crippen LogP contribution in [0.2, 0.25) is 0 Å². The smallest absolute Gasteiger partial charge is 0.415 e. The summed E-state index contributed by atoms with van der Waals surface area (Å²) in [6.45, 7) is 35.2. The number of nitrogens with zero attached hydrogens (tertiary/aromatic N) is 9. The standard InChI is InChI=1S/C35H50N8O3.C8H20N2.2C2H6/c1-24-21-41(20-19-40(24)8)28-12-9-11-27(15-16-28)37-32(36)39-31-26(3)34(4,5)23-46-35(6,7)17-18-42(31)29-13-10-14-30(38-29)43-25(2)22-45-33(43)44;1-5-6-10(4)8-7-9(2)3;2*1-2/h9-10,12-16,24-25H,3,11,17-23H2,1-2,4-8H3,(H2,36,37);5-8H2,1-4H3;2*1-2H3/b39-31+;;;. The maximum Gasteiger partial charge on any atom is 0.415 e. The maximum absolute atomic E-state index is 12.5. The van der Waals surface area contributed by atoms with Crippen molar-refractivity contribution >= 4 is 29.5 Å². The highest BCUT2D eigenvalue weighted by Gasteiger charge is 2.37. The number of pyridine rings is 1. The average Bonchev–Trinajstić information content (AvgIpc) is 3.40. The Hall–Kier alpha value is -4.04. The molecule has 1 amide bonds. The van der Waals surface area contributed by atoms with Gasteiger partial charge in [-0.15, -0.1) is 0 Å². The fraction of sp³-hybridized carbons (Fsp3) is 0.660. The van der Waals surface area contributed by atoms with Crippen molar-refractivity contribution in [1.82, 2.24) is 24.6 Å². The number of amides is 1. The lowest BCUT2D eigenvalue weighted by Crippen LogP contribution is -2.49. The molecule has 60 heavy (non-hydrogen) atoms. The van der Waals surface area contributed by atoms with Crippen LogP contribution in [0, 0.1) is 5.41 Å². The highest BCUT2D eigenvalue weighted by molar-refractivity contribution is 6.14. The Labute approximate surface area is 364 Å². The molecule has 3 aliphatic heterocycles. The number of rotatable bonds is 9. The second-order valence-electron chi connectivity index (χ2n) is 17.1. The number of anilines is 2. The zero-order valence-corrected chi connectivity index (χ0v) is 40.2. The lowest BCUT2D eigenvalue weighted by atomic mass is 9.84. The van der Waals surface area contributed by atoms with Gasteiger partial charge in [0.1, 0.15) is 24.1 Å². The predicted molar refractivity (Wildman–Crippen MR) is 254 cm³/mol. The quantitative estimate of drug-likeness (QED) is 0.194. The highest BCUT2D eigenvalue weighted by atomic mass is 16.6. The van der Waals surface area contributed by atoms with Crippen LogP contribution in [0.15, 0.2) is 76.0 Å². The summed E-state index contributed by atoms with van der Waals surface area (Å²) in [7, 11) is 8.57. The third-order valence-electron chi connectivity index (χ3n) is 10.8. The van der Waals surface area contributed by atoms with Gasteiger partial charge >= 0.3 is 6.09 Å². The molecule has 4 aliphatic rings. The van der Waals surface area contributed by atoms with Crippen LogP contribution >= 0.6 is 0 Å². The van der Waals surface area contributed by atoms with Gasteiger partial charge in [0.25, 0.3) is 0 Å². The fourth-order valence-electron chi connectivity index (χ4n) is 6.70. The topological polar surface area (TPSA) is 119 Å². The summed E-state index contributed by atoms with van der Waals surface area (Å²) in [6, 6.07) is 5.98. The highest BCUT2D eigenvalue weighted by Crippen LogP contribution is 2.35. The third-order valence-corrected chi connectivity index (χ3v) is 10.8. The van der Waals surface area contributed by atoms with E-state index in [0.717, 1.165) is 37.4 Å². The molecule has 0 saturated carbocycles. The summed E-state index contributed by atoms with van der Waals surface area (Å²) in [5.74, 6) is 1.84. The average molecular weight is 835 g/mol. The molecule has 2 N–H and O–H groups in total. The molecule has 1 aromatic rings. The van der Waals surface area contributed by atoms with Gasteiger partial charge < -0.3 is 39.7 Å². The SMILES string of the molecule is C=C1/C(=N\C(N)=NC2=CC=C(N3CCN(C)C(C)C3)C=CC2)N(c2cccc(N3C(=O)OCC3C)n2)CCC(C)(C)OCC1(C)C.CC.CC.CCCN(C)CCN(C)C. The summed E-state index contributed by atoms with van der Waals surface area (Å²) in [6.07, 6.45) is 10.6. The molecule has 0 bridgehead atoms. The number of amidine groups is 1. The van der Waals surface area contributed by atoms with Gasteiger partial charge in [0, 0.05) is 68.5 Å². The van der Waals surface area contributed by atoms with E-state index in [-0.39, 0.29) is 12.0 Å². The van der Waals surface area contributed by atoms with Crippen LogP contribution in [0.5, 0.6) is 0 Å². The third kappa shape index (κ3) is 15.8. The number of nitrogens with two attached hydrogens (primary N) is 1. The molecule has 1 aromatic heterocycles. The van der Waals surface area contributed by atoms with E-state index in [0.29, 0.717) is 56.1 Å². The normalized spacial score (nSPS) is 22.9. The van der Waals surface area contributed by atoms with Gasteiger partial charge in [-0.25, -0.2) is 14.8 Å². The minimum absolute atomic E-state index is 0.126. The molecule has 13 nitrogen and oxygen atoms in total. The number of carbonyl (C=O) groups excluding carboxylic acids is 1. The van der Waals surface area contributed by atoms with Crippen molar-refractivity contribution in [3.05, 3.63) is 66.0 Å². The first-order valence-corrected chi connectivity index (χ1v) is 22.2. The van der Waals surface area contributed by atoms with E-state index in [1.165, 1.54) is 25.2 Å². The van der Waals surface area contributed by atoms with Crippen LogP contribution < -0.4 is 15.5 Å². The van der Waals surface area contributed by atoms with E-state index in [1.54, 1.807) is 4.90 Å². The monoisotopic (exact) mass is 835 g/mol. The van der Waals surface area contributed by atoms with Crippen molar-refractivity contribution in [2.24, 2.45) is 21.1 Å². The summed E-state index contributed by atoms with van der Waals surface area (Å²) in [5.41, 5.74) is 8.49. The zero-order valence-electron chi connectivity index (χ0n) is 40.2. The lowest BCUT2D eigenvalue weighted by Gasteiger charge is -2.39. The number of hydrogen-bond donors (Lipinski definition) is 1. The fourth-order valence-corrected chi connectivity index (χ4v) is 6.70. The first-order valence-electron chi connectivity index (χ1n) is 22.2. The van der Waals surface area contributed by atoms with E-state index in [9.17, 15) is 4.79 Å². The number of aliphatic imine (C=N–C) groups is 2. The Balaban J connectivity index is 0.000000770. The first kappa shape index (κ1) is 52.1. The zero-order chi connectivity index (χ0) is 45.2. The van der Waals surface area contributed by atoms with Gasteiger partial charge in [-0.05, 0) is 111 Å². The van der Waals surface area contributed by atoms with Crippen LogP contribution in [0.4, 0.5) is 16.4 Å². The minimum atomic E-state index is -0.467. The molecular weight excluding hydrogens is 753 g/mol. The predicted octanol–water partition coefficient (Wildman–Crippen LogP) is 8.03. The number of aromatic nitrogens is 1. The lowest BCUT2D eigenvalue weighted by molar-refractivity contribution is -0.0475. The molecule has 2 unspecified atom stereocenters. The summed E-state index contributed by atoms with van der Waals surface area (Å²) < 4.78 is 11.7. The Morgan fingerprint density at radius 1 is 0.983 bits per heavy atom. The number of allylic oxidation sites excluding steroid dienone is 4. The molecule has 2 atom stereocenters. The van der Waals surface area contributed by atoms with Crippen LogP contribution in [0.3, 0.4) is 0 Å². The van der Waals surface area contributed by atoms with Crippen LogP contribution in [-0.2, 0) is 9.47 Å². The summed E-state index contributed by atoms with van der Waals surface area (Å²) in [5, 5.41) is 0. The van der Waals surface area contributed by atoms with E-state index in [2.05, 4.69) is 114 Å². The number of carbonyl (C=O) groups is 1. The molecule has 4 heterocycles. The van der Waals surface area contributed by atoms with Crippen molar-refractivity contribution in [3.63, 3.8) is 0 Å². The Morgan fingerprint density at radius 2 is 1.67 bits per heavy atom. The van der Waals surface area contributed by atoms with Crippen molar-refractivity contribution in [3.8, 4) is 0 Å². The second kappa shape index (κ2) is 25.0. The first-order chi connectivity index (χ1) is 28.4. The molecule has 3 saturated heterocycles. The Kier molecular flexibility index (Phi) is 21.7. The number of hydrogen-bond acceptors (Lipinski definition) is 9. The molecular formula is C47H82N10O3. The number of likely N-dealkylation sites (N-methyl/N-ethyl adjacent to an activating group) is 3. The van der Waals surface area contributed by atoms with Gasteiger partial charge in [0.15, 0.2) is 0 Å². The molecule has 1 aliphatic carbocycles. The molecule has 338 valence electrons. The van der Waals surface area contributed by atoms with Gasteiger partial charge in [-0.3, -0.25) is 4.90 Å². The largest absolute Gasteiger partial charge is 0.447 e. The Morgan fingerprint density at radius 3 is 2.28 bits per heavy atom. The minimum Gasteiger partial charge on any atom is -0.447 e. The molecule has 0 radical (unpaired) electrons. The van der Waals surface area contributed by atoms with E-state index in [4.69, 9.17) is 30.2 Å². The van der Waals surface area contributed by atoms with Crippen molar-refractivity contribution in [2.75, 3.05) is 97.0 Å². The molecule has 0 aromatic carbocycles. The van der Waals surface area contributed by atoms with Gasteiger partial charge in [-0.1, -0.05) is 67.2 Å².